The molecule has 0 saturated carbocycles. The summed E-state index contributed by atoms with van der Waals surface area (Å²) in [6.07, 6.45) is 1.54. The molecule has 0 rings (SSSR count). The standard InChI is InChI=1S/C11H25N3O/c1-10(2)14(9-7-12)8-5-6-11(15)13(3)4/h10H,5-9,12H2,1-4H3. The Morgan fingerprint density at radius 1 is 1.27 bits per heavy atom. The molecule has 0 aromatic rings. The maximum atomic E-state index is 11.3. The summed E-state index contributed by atoms with van der Waals surface area (Å²) in [6.45, 7) is 6.86. The van der Waals surface area contributed by atoms with Crippen molar-refractivity contribution in [3.8, 4) is 0 Å². The molecule has 0 heterocycles. The van der Waals surface area contributed by atoms with Crippen molar-refractivity contribution in [1.29, 1.82) is 0 Å². The van der Waals surface area contributed by atoms with E-state index in [1.807, 2.05) is 0 Å². The van der Waals surface area contributed by atoms with Crippen molar-refractivity contribution in [3.05, 3.63) is 0 Å². The third-order valence-corrected chi connectivity index (χ3v) is 2.48. The van der Waals surface area contributed by atoms with E-state index >= 15 is 0 Å². The first-order valence-corrected chi connectivity index (χ1v) is 5.63. The Bertz CT molecular complexity index is 181. The number of nitrogens with two attached hydrogens (primary N) is 1. The molecule has 4 heteroatoms. The van der Waals surface area contributed by atoms with Crippen LogP contribution in [0.4, 0.5) is 0 Å². The number of hydrogen-bond acceptors (Lipinski definition) is 3. The zero-order valence-corrected chi connectivity index (χ0v) is 10.5. The third kappa shape index (κ3) is 6.47. The van der Waals surface area contributed by atoms with E-state index in [1.54, 1.807) is 19.0 Å². The van der Waals surface area contributed by atoms with E-state index in [4.69, 9.17) is 5.73 Å². The van der Waals surface area contributed by atoms with E-state index < -0.39 is 0 Å². The van der Waals surface area contributed by atoms with Crippen LogP contribution in [-0.2, 0) is 4.79 Å². The van der Waals surface area contributed by atoms with Crippen LogP contribution in [0.15, 0.2) is 0 Å². The van der Waals surface area contributed by atoms with Crippen LogP contribution in [-0.4, -0.2) is 55.5 Å². The molecule has 0 spiro atoms. The largest absolute Gasteiger partial charge is 0.349 e. The van der Waals surface area contributed by atoms with Gasteiger partial charge >= 0.3 is 0 Å². The predicted octanol–water partition coefficient (Wildman–Crippen LogP) is 0.524. The lowest BCUT2D eigenvalue weighted by Crippen LogP contribution is -2.36. The van der Waals surface area contributed by atoms with Gasteiger partial charge in [0.2, 0.25) is 5.91 Å². The smallest absolute Gasteiger partial charge is 0.222 e. The van der Waals surface area contributed by atoms with Crippen LogP contribution in [0.3, 0.4) is 0 Å². The fourth-order valence-corrected chi connectivity index (χ4v) is 1.45. The van der Waals surface area contributed by atoms with Crippen LogP contribution < -0.4 is 5.73 Å². The maximum Gasteiger partial charge on any atom is 0.222 e. The Morgan fingerprint density at radius 3 is 2.27 bits per heavy atom. The summed E-state index contributed by atoms with van der Waals surface area (Å²) in [4.78, 5) is 15.3. The Kier molecular flexibility index (Phi) is 7.34. The number of nitrogens with zero attached hydrogens (tertiary/aromatic N) is 2. The minimum absolute atomic E-state index is 0.200. The van der Waals surface area contributed by atoms with E-state index in [-0.39, 0.29) is 5.91 Å². The zero-order valence-electron chi connectivity index (χ0n) is 10.5. The first-order valence-electron chi connectivity index (χ1n) is 5.63. The molecule has 0 atom stereocenters. The normalized spacial score (nSPS) is 11.1. The second-order valence-electron chi connectivity index (χ2n) is 4.31. The molecule has 0 bridgehead atoms. The maximum absolute atomic E-state index is 11.3. The lowest BCUT2D eigenvalue weighted by molar-refractivity contribution is -0.128. The summed E-state index contributed by atoms with van der Waals surface area (Å²) >= 11 is 0. The molecule has 0 fully saturated rings. The highest BCUT2D eigenvalue weighted by molar-refractivity contribution is 5.75. The van der Waals surface area contributed by atoms with Crippen LogP contribution in [0, 0.1) is 0 Å². The van der Waals surface area contributed by atoms with Gasteiger partial charge in [-0.1, -0.05) is 0 Å². The van der Waals surface area contributed by atoms with Crippen molar-refractivity contribution in [2.45, 2.75) is 32.7 Å². The summed E-state index contributed by atoms with van der Waals surface area (Å²) in [7, 11) is 3.59. The molecule has 1 amide bonds. The average molecular weight is 215 g/mol. The van der Waals surface area contributed by atoms with Gasteiger partial charge in [0.05, 0.1) is 0 Å². The van der Waals surface area contributed by atoms with Crippen molar-refractivity contribution >= 4 is 5.91 Å². The molecule has 0 aliphatic carbocycles. The van der Waals surface area contributed by atoms with E-state index in [9.17, 15) is 4.79 Å². The van der Waals surface area contributed by atoms with E-state index in [2.05, 4.69) is 18.7 Å². The molecule has 2 N–H and O–H groups in total. The van der Waals surface area contributed by atoms with Gasteiger partial charge in [-0.15, -0.1) is 0 Å². The van der Waals surface area contributed by atoms with Gasteiger partial charge in [0.15, 0.2) is 0 Å². The molecule has 0 aliphatic heterocycles. The van der Waals surface area contributed by atoms with Crippen molar-refractivity contribution in [2.75, 3.05) is 33.7 Å². The zero-order chi connectivity index (χ0) is 11.8. The summed E-state index contributed by atoms with van der Waals surface area (Å²) < 4.78 is 0. The molecule has 90 valence electrons. The molecule has 4 nitrogen and oxygen atoms in total. The van der Waals surface area contributed by atoms with Gasteiger partial charge in [-0.2, -0.15) is 0 Å². The topological polar surface area (TPSA) is 49.6 Å². The van der Waals surface area contributed by atoms with Crippen molar-refractivity contribution in [1.82, 2.24) is 9.80 Å². The van der Waals surface area contributed by atoms with Crippen LogP contribution in [0.5, 0.6) is 0 Å². The average Bonchev–Trinajstić information content (AvgIpc) is 2.15. The van der Waals surface area contributed by atoms with Crippen molar-refractivity contribution in [3.63, 3.8) is 0 Å². The van der Waals surface area contributed by atoms with Gasteiger partial charge in [-0.25, -0.2) is 0 Å². The molecule has 15 heavy (non-hydrogen) atoms. The number of rotatable bonds is 7. The molecule has 0 unspecified atom stereocenters. The van der Waals surface area contributed by atoms with Gasteiger partial charge in [0.25, 0.3) is 0 Å². The van der Waals surface area contributed by atoms with Crippen molar-refractivity contribution < 1.29 is 4.79 Å². The fourth-order valence-electron chi connectivity index (χ4n) is 1.45. The number of amides is 1. The highest BCUT2D eigenvalue weighted by atomic mass is 16.2. The Balaban J connectivity index is 3.75. The van der Waals surface area contributed by atoms with Crippen LogP contribution in [0.25, 0.3) is 0 Å². The lowest BCUT2D eigenvalue weighted by Gasteiger charge is -2.25. The van der Waals surface area contributed by atoms with Gasteiger partial charge in [-0.3, -0.25) is 9.69 Å². The van der Waals surface area contributed by atoms with E-state index in [1.165, 1.54) is 0 Å². The molecular weight excluding hydrogens is 190 g/mol. The van der Waals surface area contributed by atoms with Crippen molar-refractivity contribution in [2.24, 2.45) is 5.73 Å². The summed E-state index contributed by atoms with van der Waals surface area (Å²) in [5.74, 6) is 0.200. The second-order valence-corrected chi connectivity index (χ2v) is 4.31. The van der Waals surface area contributed by atoms with E-state index in [0.717, 1.165) is 19.5 Å². The third-order valence-electron chi connectivity index (χ3n) is 2.48. The monoisotopic (exact) mass is 215 g/mol. The minimum Gasteiger partial charge on any atom is -0.349 e. The fraction of sp³-hybridized carbons (Fsp3) is 0.909. The second kappa shape index (κ2) is 7.65. The molecule has 0 radical (unpaired) electrons. The van der Waals surface area contributed by atoms with Gasteiger partial charge in [0, 0.05) is 39.6 Å². The number of carbonyl (C=O) groups is 1. The number of hydrogen-bond donors (Lipinski definition) is 1. The van der Waals surface area contributed by atoms with Crippen LogP contribution in [0.1, 0.15) is 26.7 Å². The molecule has 0 aromatic heterocycles. The summed E-state index contributed by atoms with van der Waals surface area (Å²) in [6, 6.07) is 0.503. The van der Waals surface area contributed by atoms with Crippen LogP contribution in [0.2, 0.25) is 0 Å². The Hall–Kier alpha value is -0.610. The molecule has 0 aromatic carbocycles. The predicted molar refractivity (Wildman–Crippen MR) is 63.7 cm³/mol. The highest BCUT2D eigenvalue weighted by Gasteiger charge is 2.09. The Morgan fingerprint density at radius 2 is 1.87 bits per heavy atom. The molecule has 0 aliphatic rings. The SMILES string of the molecule is CC(C)N(CCN)CCCC(=O)N(C)C. The summed E-state index contributed by atoms with van der Waals surface area (Å²) in [5, 5.41) is 0. The Labute approximate surface area is 93.4 Å². The van der Waals surface area contributed by atoms with Gasteiger partial charge < -0.3 is 10.6 Å². The minimum atomic E-state index is 0.200. The van der Waals surface area contributed by atoms with E-state index in [0.29, 0.717) is 19.0 Å². The summed E-state index contributed by atoms with van der Waals surface area (Å²) in [5.41, 5.74) is 5.53. The molecule has 0 saturated heterocycles. The molecular formula is C11H25N3O. The lowest BCUT2D eigenvalue weighted by atomic mass is 10.2. The highest BCUT2D eigenvalue weighted by Crippen LogP contribution is 2.01. The first-order chi connectivity index (χ1) is 6.99. The van der Waals surface area contributed by atoms with Gasteiger partial charge in [0.1, 0.15) is 0 Å². The quantitative estimate of drug-likeness (QED) is 0.674. The number of carbonyl (C=O) groups excluding carboxylic acids is 1. The first kappa shape index (κ1) is 14.4. The van der Waals surface area contributed by atoms with Gasteiger partial charge in [-0.05, 0) is 26.8 Å². The van der Waals surface area contributed by atoms with Crippen LogP contribution >= 0.6 is 0 Å².